The van der Waals surface area contributed by atoms with E-state index in [9.17, 15) is 9.59 Å². The summed E-state index contributed by atoms with van der Waals surface area (Å²) < 4.78 is 0. The molecule has 2 amide bonds. The fourth-order valence-electron chi connectivity index (χ4n) is 2.61. The number of hydrogen-bond acceptors (Lipinski definition) is 3. The SMILES string of the molecule is CC1CCN(c2ccc(NC(=O)C(=O)NC(C)(C)C)cc2)CC1. The molecule has 1 fully saturated rings. The Balaban J connectivity index is 1.92. The van der Waals surface area contributed by atoms with Crippen LogP contribution in [0.2, 0.25) is 0 Å². The average Bonchev–Trinajstić information content (AvgIpc) is 2.47. The van der Waals surface area contributed by atoms with Gasteiger partial charge in [-0.2, -0.15) is 0 Å². The van der Waals surface area contributed by atoms with Crippen molar-refractivity contribution in [1.29, 1.82) is 0 Å². The third kappa shape index (κ3) is 5.27. The number of carbonyl (C=O) groups excluding carboxylic acids is 2. The molecule has 2 N–H and O–H groups in total. The zero-order valence-electron chi connectivity index (χ0n) is 14.5. The number of nitrogens with one attached hydrogen (secondary N) is 2. The molecule has 1 aliphatic heterocycles. The summed E-state index contributed by atoms with van der Waals surface area (Å²) in [4.78, 5) is 26.0. The van der Waals surface area contributed by atoms with Crippen LogP contribution in [0.1, 0.15) is 40.5 Å². The second-order valence-corrected chi connectivity index (χ2v) is 7.37. The summed E-state index contributed by atoms with van der Waals surface area (Å²) in [6.07, 6.45) is 2.43. The Labute approximate surface area is 138 Å². The van der Waals surface area contributed by atoms with Crippen molar-refractivity contribution in [2.75, 3.05) is 23.3 Å². The van der Waals surface area contributed by atoms with Gasteiger partial charge in [0.1, 0.15) is 0 Å². The van der Waals surface area contributed by atoms with Crippen LogP contribution in [0.5, 0.6) is 0 Å². The van der Waals surface area contributed by atoms with Crippen LogP contribution in [-0.4, -0.2) is 30.4 Å². The standard InChI is InChI=1S/C18H27N3O2/c1-13-9-11-21(12-10-13)15-7-5-14(6-8-15)19-16(22)17(23)20-18(2,3)4/h5-8,13H,9-12H2,1-4H3,(H,19,22)(H,20,23). The van der Waals surface area contributed by atoms with Crippen LogP contribution in [-0.2, 0) is 9.59 Å². The lowest BCUT2D eigenvalue weighted by molar-refractivity contribution is -0.137. The summed E-state index contributed by atoms with van der Waals surface area (Å²) in [5, 5.41) is 5.28. The minimum atomic E-state index is -0.639. The molecule has 5 nitrogen and oxygen atoms in total. The summed E-state index contributed by atoms with van der Waals surface area (Å²) >= 11 is 0. The van der Waals surface area contributed by atoms with Crippen LogP contribution >= 0.6 is 0 Å². The van der Waals surface area contributed by atoms with Gasteiger partial charge in [-0.25, -0.2) is 0 Å². The van der Waals surface area contributed by atoms with Crippen LogP contribution in [0.4, 0.5) is 11.4 Å². The summed E-state index contributed by atoms with van der Waals surface area (Å²) in [5.74, 6) is -0.461. The van der Waals surface area contributed by atoms with Crippen LogP contribution in [0.25, 0.3) is 0 Å². The lowest BCUT2D eigenvalue weighted by atomic mass is 9.99. The number of nitrogens with zero attached hydrogens (tertiary/aromatic N) is 1. The zero-order chi connectivity index (χ0) is 17.0. The highest BCUT2D eigenvalue weighted by Gasteiger charge is 2.20. The Morgan fingerprint density at radius 2 is 1.61 bits per heavy atom. The van der Waals surface area contributed by atoms with Crippen molar-refractivity contribution in [3.05, 3.63) is 24.3 Å². The molecule has 23 heavy (non-hydrogen) atoms. The normalized spacial score (nSPS) is 16.1. The minimum absolute atomic E-state index is 0.427. The fourth-order valence-corrected chi connectivity index (χ4v) is 2.61. The first-order valence-corrected chi connectivity index (χ1v) is 8.23. The lowest BCUT2D eigenvalue weighted by Gasteiger charge is -2.32. The summed E-state index contributed by atoms with van der Waals surface area (Å²) in [7, 11) is 0. The third-order valence-electron chi connectivity index (χ3n) is 3.97. The molecule has 1 saturated heterocycles. The largest absolute Gasteiger partial charge is 0.372 e. The topological polar surface area (TPSA) is 61.4 Å². The molecule has 0 radical (unpaired) electrons. The van der Waals surface area contributed by atoms with Crippen molar-refractivity contribution >= 4 is 23.2 Å². The lowest BCUT2D eigenvalue weighted by Crippen LogP contribution is -2.46. The fraction of sp³-hybridized carbons (Fsp3) is 0.556. The molecular formula is C18H27N3O2. The second kappa shape index (κ2) is 7.02. The van der Waals surface area contributed by atoms with Crippen molar-refractivity contribution < 1.29 is 9.59 Å². The molecule has 2 rings (SSSR count). The van der Waals surface area contributed by atoms with E-state index < -0.39 is 17.4 Å². The number of benzene rings is 1. The molecular weight excluding hydrogens is 290 g/mol. The van der Waals surface area contributed by atoms with Crippen LogP contribution < -0.4 is 15.5 Å². The molecule has 0 saturated carbocycles. The van der Waals surface area contributed by atoms with Gasteiger partial charge in [0, 0.05) is 30.0 Å². The highest BCUT2D eigenvalue weighted by Crippen LogP contribution is 2.24. The Morgan fingerprint density at radius 3 is 2.13 bits per heavy atom. The van der Waals surface area contributed by atoms with Gasteiger partial charge in [-0.3, -0.25) is 9.59 Å². The smallest absolute Gasteiger partial charge is 0.313 e. The maximum Gasteiger partial charge on any atom is 0.313 e. The van der Waals surface area contributed by atoms with Crippen molar-refractivity contribution in [2.45, 2.75) is 46.1 Å². The van der Waals surface area contributed by atoms with Gasteiger partial charge in [-0.05, 0) is 63.8 Å². The maximum absolute atomic E-state index is 11.9. The van der Waals surface area contributed by atoms with E-state index in [2.05, 4.69) is 22.5 Å². The first-order chi connectivity index (χ1) is 10.7. The van der Waals surface area contributed by atoms with Gasteiger partial charge in [-0.1, -0.05) is 6.92 Å². The number of rotatable bonds is 2. The number of hydrogen-bond donors (Lipinski definition) is 2. The van der Waals surface area contributed by atoms with Crippen molar-refractivity contribution in [2.24, 2.45) is 5.92 Å². The first-order valence-electron chi connectivity index (χ1n) is 8.23. The Kier molecular flexibility index (Phi) is 5.29. The molecule has 1 heterocycles. The molecule has 0 bridgehead atoms. The summed E-state index contributed by atoms with van der Waals surface area (Å²) in [6.45, 7) is 9.95. The molecule has 0 aromatic heterocycles. The van der Waals surface area contributed by atoms with E-state index in [-0.39, 0.29) is 0 Å². The molecule has 5 heteroatoms. The van der Waals surface area contributed by atoms with Crippen molar-refractivity contribution in [3.63, 3.8) is 0 Å². The highest BCUT2D eigenvalue weighted by atomic mass is 16.2. The van der Waals surface area contributed by atoms with Gasteiger partial charge in [0.05, 0.1) is 0 Å². The molecule has 0 unspecified atom stereocenters. The Hall–Kier alpha value is -2.04. The second-order valence-electron chi connectivity index (χ2n) is 7.37. The molecule has 0 atom stereocenters. The maximum atomic E-state index is 11.9. The minimum Gasteiger partial charge on any atom is -0.372 e. The monoisotopic (exact) mass is 317 g/mol. The molecule has 1 aromatic rings. The molecule has 1 aromatic carbocycles. The van der Waals surface area contributed by atoms with Crippen molar-refractivity contribution in [1.82, 2.24) is 5.32 Å². The summed E-state index contributed by atoms with van der Waals surface area (Å²) in [6, 6.07) is 7.67. The van der Waals surface area contributed by atoms with Crippen LogP contribution in [0.3, 0.4) is 0 Å². The van der Waals surface area contributed by atoms with Crippen LogP contribution in [0, 0.1) is 5.92 Å². The van der Waals surface area contributed by atoms with Gasteiger partial charge in [-0.15, -0.1) is 0 Å². The predicted octanol–water partition coefficient (Wildman–Crippen LogP) is 2.78. The third-order valence-corrected chi connectivity index (χ3v) is 3.97. The van der Waals surface area contributed by atoms with Gasteiger partial charge in [0.2, 0.25) is 0 Å². The van der Waals surface area contributed by atoms with E-state index in [1.165, 1.54) is 12.8 Å². The molecule has 1 aliphatic rings. The van der Waals surface area contributed by atoms with E-state index in [0.717, 1.165) is 24.7 Å². The molecule has 0 aliphatic carbocycles. The first kappa shape index (κ1) is 17.3. The van der Waals surface area contributed by atoms with E-state index in [1.54, 1.807) is 0 Å². The van der Waals surface area contributed by atoms with E-state index in [0.29, 0.717) is 5.69 Å². The Bertz CT molecular complexity index is 553. The number of amides is 2. The zero-order valence-corrected chi connectivity index (χ0v) is 14.5. The quantitative estimate of drug-likeness (QED) is 0.825. The molecule has 126 valence electrons. The highest BCUT2D eigenvalue weighted by molar-refractivity contribution is 6.39. The van der Waals surface area contributed by atoms with Crippen LogP contribution in [0.15, 0.2) is 24.3 Å². The van der Waals surface area contributed by atoms with Gasteiger partial charge in [0.15, 0.2) is 0 Å². The summed E-state index contributed by atoms with van der Waals surface area (Å²) in [5.41, 5.74) is 1.37. The number of anilines is 2. The number of carbonyl (C=O) groups is 2. The number of piperidine rings is 1. The van der Waals surface area contributed by atoms with Gasteiger partial charge < -0.3 is 15.5 Å². The van der Waals surface area contributed by atoms with E-state index in [4.69, 9.17) is 0 Å². The van der Waals surface area contributed by atoms with E-state index in [1.807, 2.05) is 45.0 Å². The van der Waals surface area contributed by atoms with Gasteiger partial charge >= 0.3 is 11.8 Å². The van der Waals surface area contributed by atoms with E-state index >= 15 is 0 Å². The average molecular weight is 317 g/mol. The molecule has 0 spiro atoms. The van der Waals surface area contributed by atoms with Gasteiger partial charge in [0.25, 0.3) is 0 Å². The predicted molar refractivity (Wildman–Crippen MR) is 93.6 cm³/mol. The Morgan fingerprint density at radius 1 is 1.04 bits per heavy atom. The van der Waals surface area contributed by atoms with Crippen molar-refractivity contribution in [3.8, 4) is 0 Å².